The molecule has 2 saturated heterocycles. The van der Waals surface area contributed by atoms with Gasteiger partial charge in [-0.3, -0.25) is 28.9 Å². The van der Waals surface area contributed by atoms with Crippen molar-refractivity contribution in [3.8, 4) is 0 Å². The van der Waals surface area contributed by atoms with Crippen molar-refractivity contribution in [2.45, 2.75) is 135 Å². The zero-order valence-electron chi connectivity index (χ0n) is 35.7. The number of anilines is 1. The predicted octanol–water partition coefficient (Wildman–Crippen LogP) is 4.78. The van der Waals surface area contributed by atoms with Crippen molar-refractivity contribution >= 4 is 45.2 Å². The molecule has 2 aliphatic rings. The summed E-state index contributed by atoms with van der Waals surface area (Å²) >= 11 is 0. The third kappa shape index (κ3) is 12.4. The second-order valence-corrected chi connectivity index (χ2v) is 18.7. The fourth-order valence-electron chi connectivity index (χ4n) is 7.58. The Bertz CT molecular complexity index is 1860. The molecule has 3 N–H and O–H groups in total. The topological polar surface area (TPSA) is 175 Å². The van der Waals surface area contributed by atoms with Crippen LogP contribution in [0.25, 0.3) is 0 Å². The fourth-order valence-corrected chi connectivity index (χ4v) is 8.57. The van der Waals surface area contributed by atoms with Gasteiger partial charge in [0.2, 0.25) is 17.7 Å². The summed E-state index contributed by atoms with van der Waals surface area (Å²) in [5.74, 6) is -4.37. The zero-order valence-corrected chi connectivity index (χ0v) is 36.6. The fraction of sp³-hybridized carbons (Fsp3) is 0.634. The molecule has 2 fully saturated rings. The van der Waals surface area contributed by atoms with E-state index >= 15 is 0 Å². The number of methoxy groups -OCH3 is 1. The first kappa shape index (κ1) is 49.1. The SMILES string of the molecule is C=C(C(=O)NS(=O)(=O)c1ccc(NC(=O)C(F)(F)F)cc1)[C@@H](OC)[C@@H]1CCCN1C(=O)/C(C)=C/[C@H](C(C)C)N(C)C(=O)[C@@H](NC(=O)[C@H]1CCCCN1C(C)C)C(C)(C)C. The number of sulfonamides is 1. The Hall–Kier alpha value is -4.29. The molecule has 1 aromatic rings. The van der Waals surface area contributed by atoms with Crippen molar-refractivity contribution in [2.24, 2.45) is 11.3 Å². The summed E-state index contributed by atoms with van der Waals surface area (Å²) in [7, 11) is -1.60. The van der Waals surface area contributed by atoms with E-state index in [9.17, 15) is 45.6 Å². The normalized spacial score (nSPS) is 19.8. The lowest BCUT2D eigenvalue weighted by molar-refractivity contribution is -0.167. The molecule has 2 heterocycles. The molecule has 3 rings (SSSR count). The lowest BCUT2D eigenvalue weighted by Crippen LogP contribution is -2.60. The number of hydrogen-bond acceptors (Lipinski definition) is 9. The van der Waals surface area contributed by atoms with Gasteiger partial charge in [-0.25, -0.2) is 13.1 Å². The van der Waals surface area contributed by atoms with E-state index in [0.29, 0.717) is 31.4 Å². The van der Waals surface area contributed by atoms with Crippen LogP contribution in [-0.4, -0.2) is 122 Å². The number of piperidine rings is 1. The monoisotopic (exact) mass is 854 g/mol. The van der Waals surface area contributed by atoms with E-state index in [2.05, 4.69) is 30.6 Å². The molecule has 0 spiro atoms. The summed E-state index contributed by atoms with van der Waals surface area (Å²) in [4.78, 5) is 71.4. The molecular weight excluding hydrogens is 794 g/mol. The minimum absolute atomic E-state index is 0.140. The minimum atomic E-state index is -5.15. The summed E-state index contributed by atoms with van der Waals surface area (Å²) in [5, 5.41) is 4.68. The summed E-state index contributed by atoms with van der Waals surface area (Å²) in [6.45, 7) is 20.2. The van der Waals surface area contributed by atoms with Crippen LogP contribution in [0.5, 0.6) is 0 Å². The second-order valence-electron chi connectivity index (χ2n) is 17.0. The lowest BCUT2D eigenvalue weighted by atomic mass is 9.84. The molecule has 59 heavy (non-hydrogen) atoms. The third-order valence-corrected chi connectivity index (χ3v) is 12.2. The molecule has 0 aromatic heterocycles. The van der Waals surface area contributed by atoms with Gasteiger partial charge in [0.1, 0.15) is 12.1 Å². The van der Waals surface area contributed by atoms with Crippen LogP contribution in [0, 0.1) is 11.3 Å². The maximum atomic E-state index is 14.3. The van der Waals surface area contributed by atoms with Crippen LogP contribution < -0.4 is 15.4 Å². The van der Waals surface area contributed by atoms with Crippen LogP contribution in [0.2, 0.25) is 0 Å². The van der Waals surface area contributed by atoms with Gasteiger partial charge < -0.3 is 25.2 Å². The molecule has 5 amide bonds. The van der Waals surface area contributed by atoms with Gasteiger partial charge in [0.05, 0.1) is 23.0 Å². The predicted molar refractivity (Wildman–Crippen MR) is 217 cm³/mol. The molecule has 18 heteroatoms. The molecule has 0 aliphatic carbocycles. The maximum Gasteiger partial charge on any atom is 0.471 e. The summed E-state index contributed by atoms with van der Waals surface area (Å²) < 4.78 is 71.4. The van der Waals surface area contributed by atoms with E-state index in [4.69, 9.17) is 4.74 Å². The van der Waals surface area contributed by atoms with Gasteiger partial charge in [0, 0.05) is 43.6 Å². The number of nitrogens with zero attached hydrogens (tertiary/aromatic N) is 3. The minimum Gasteiger partial charge on any atom is -0.374 e. The molecule has 2 aliphatic heterocycles. The highest BCUT2D eigenvalue weighted by Gasteiger charge is 2.42. The molecule has 1 aromatic carbocycles. The first-order valence-electron chi connectivity index (χ1n) is 19.8. The Morgan fingerprint density at radius 3 is 2.10 bits per heavy atom. The van der Waals surface area contributed by atoms with Gasteiger partial charge in [0.15, 0.2) is 0 Å². The van der Waals surface area contributed by atoms with Crippen molar-refractivity contribution in [1.82, 2.24) is 24.7 Å². The molecule has 0 unspecified atom stereocenters. The number of halogens is 3. The third-order valence-electron chi connectivity index (χ3n) is 10.9. The highest BCUT2D eigenvalue weighted by Crippen LogP contribution is 2.30. The number of carbonyl (C=O) groups is 5. The number of nitrogens with one attached hydrogen (secondary N) is 3. The van der Waals surface area contributed by atoms with E-state index in [1.54, 1.807) is 30.3 Å². The van der Waals surface area contributed by atoms with Crippen LogP contribution in [0.3, 0.4) is 0 Å². The van der Waals surface area contributed by atoms with Crippen molar-refractivity contribution in [3.63, 3.8) is 0 Å². The van der Waals surface area contributed by atoms with Crippen molar-refractivity contribution < 1.29 is 50.3 Å². The van der Waals surface area contributed by atoms with Crippen LogP contribution in [0.1, 0.15) is 87.5 Å². The zero-order chi connectivity index (χ0) is 44.8. The van der Waals surface area contributed by atoms with Gasteiger partial charge in [-0.1, -0.05) is 53.7 Å². The number of rotatable bonds is 15. The smallest absolute Gasteiger partial charge is 0.374 e. The summed E-state index contributed by atoms with van der Waals surface area (Å²) in [6.07, 6.45) is -0.970. The summed E-state index contributed by atoms with van der Waals surface area (Å²) in [5.41, 5.74) is -0.921. The van der Waals surface area contributed by atoms with Gasteiger partial charge in [0.25, 0.3) is 15.9 Å². The lowest BCUT2D eigenvalue weighted by Gasteiger charge is -2.41. The number of hydrogen-bond donors (Lipinski definition) is 3. The van der Waals surface area contributed by atoms with Crippen molar-refractivity contribution in [1.29, 1.82) is 0 Å². The van der Waals surface area contributed by atoms with Crippen LogP contribution in [-0.2, 0) is 38.7 Å². The van der Waals surface area contributed by atoms with Gasteiger partial charge in [-0.05, 0) is 88.6 Å². The summed E-state index contributed by atoms with van der Waals surface area (Å²) in [6, 6.07) is 1.42. The molecular formula is C41H61F3N6O8S. The maximum absolute atomic E-state index is 14.3. The molecule has 0 saturated carbocycles. The number of carbonyl (C=O) groups excluding carboxylic acids is 5. The average Bonchev–Trinajstić information content (AvgIpc) is 3.63. The molecule has 330 valence electrons. The largest absolute Gasteiger partial charge is 0.471 e. The number of likely N-dealkylation sites (tertiary alicyclic amines) is 2. The first-order chi connectivity index (χ1) is 27.2. The number of benzene rings is 1. The quantitative estimate of drug-likeness (QED) is 0.210. The van der Waals surface area contributed by atoms with E-state index < -0.39 is 62.6 Å². The number of alkyl halides is 3. The van der Waals surface area contributed by atoms with Crippen molar-refractivity contribution in [2.75, 3.05) is 32.6 Å². The number of ether oxygens (including phenoxy) is 1. The Labute approximate surface area is 346 Å². The molecule has 0 bridgehead atoms. The van der Waals surface area contributed by atoms with Gasteiger partial charge >= 0.3 is 12.1 Å². The number of likely N-dealkylation sites (N-methyl/N-ethyl adjacent to an activating group) is 1. The Morgan fingerprint density at radius 1 is 0.966 bits per heavy atom. The second kappa shape index (κ2) is 19.8. The van der Waals surface area contributed by atoms with E-state index in [1.807, 2.05) is 39.3 Å². The Morgan fingerprint density at radius 2 is 1.58 bits per heavy atom. The van der Waals surface area contributed by atoms with Gasteiger partial charge in [-0.15, -0.1) is 0 Å². The molecule has 14 nitrogen and oxygen atoms in total. The van der Waals surface area contributed by atoms with E-state index in [0.717, 1.165) is 43.7 Å². The Kier molecular flexibility index (Phi) is 16.5. The van der Waals surface area contributed by atoms with Crippen LogP contribution in [0.4, 0.5) is 18.9 Å². The number of amides is 5. The highest BCUT2D eigenvalue weighted by atomic mass is 32.2. The van der Waals surface area contributed by atoms with E-state index in [-0.39, 0.29) is 47.0 Å². The van der Waals surface area contributed by atoms with Crippen LogP contribution >= 0.6 is 0 Å². The van der Waals surface area contributed by atoms with Gasteiger partial charge in [-0.2, -0.15) is 13.2 Å². The molecule has 0 radical (unpaired) electrons. The highest BCUT2D eigenvalue weighted by molar-refractivity contribution is 7.90. The molecule has 5 atom stereocenters. The standard InChI is InChI=1S/C41H61F3N6O8S/c1-24(2)32(48(10)38(54)34(40(7,8)9)46-36(52)31-15-12-13-21-49(31)25(3)4)23-26(5)37(53)50-22-14-16-30(50)33(58-11)27(6)35(51)47-59(56,57)29-19-17-28(18-20-29)45-39(55)41(42,43)44/h17-20,23-25,30-34H,6,12-16,21-22H2,1-5,7-11H3,(H,45,55)(H,46,52)(H,47,51)/b26-23+/t30-,31+,32+,33+,34+/m0/s1. The Balaban J connectivity index is 1.78. The average molecular weight is 855 g/mol. The van der Waals surface area contributed by atoms with E-state index in [1.165, 1.54) is 12.0 Å². The van der Waals surface area contributed by atoms with Crippen molar-refractivity contribution in [3.05, 3.63) is 48.1 Å². The first-order valence-corrected chi connectivity index (χ1v) is 21.3. The van der Waals surface area contributed by atoms with Crippen LogP contribution in [0.15, 0.2) is 53.0 Å².